The van der Waals surface area contributed by atoms with Crippen molar-refractivity contribution in [2.24, 2.45) is 7.05 Å². The molecule has 0 saturated heterocycles. The van der Waals surface area contributed by atoms with Crippen molar-refractivity contribution < 1.29 is 4.39 Å². The highest BCUT2D eigenvalue weighted by Gasteiger charge is 2.16. The lowest BCUT2D eigenvalue weighted by molar-refractivity contribution is 0.432. The zero-order valence-electron chi connectivity index (χ0n) is 10.6. The first-order valence-electron chi connectivity index (χ1n) is 5.89. The lowest BCUT2D eigenvalue weighted by atomic mass is 10.2. The number of halogens is 1. The molecule has 0 radical (unpaired) electrons. The topological polar surface area (TPSA) is 60.6 Å². The normalized spacial score (nSPS) is 11.1. The number of aromatic nitrogens is 5. The standard InChI is InChI=1S/C11H17FN6/c1-13-8-9-11(10-4-6-14-17(10)2)18(16-15-9)7-3-5-12/h4,6,13H,3,5,7-8H2,1-2H3. The summed E-state index contributed by atoms with van der Waals surface area (Å²) < 4.78 is 15.8. The fourth-order valence-corrected chi connectivity index (χ4v) is 1.89. The molecule has 0 aliphatic carbocycles. The number of alkyl halides is 1. The van der Waals surface area contributed by atoms with Gasteiger partial charge in [0, 0.05) is 26.3 Å². The van der Waals surface area contributed by atoms with Crippen LogP contribution in [0.4, 0.5) is 4.39 Å². The molecule has 0 aliphatic rings. The number of nitrogens with zero attached hydrogens (tertiary/aromatic N) is 5. The first kappa shape index (κ1) is 12.7. The molecule has 0 atom stereocenters. The molecule has 7 heteroatoms. The van der Waals surface area contributed by atoms with Crippen LogP contribution in [0, 0.1) is 0 Å². The predicted molar refractivity (Wildman–Crippen MR) is 65.6 cm³/mol. The Hall–Kier alpha value is -1.76. The molecule has 1 N–H and O–H groups in total. The minimum Gasteiger partial charge on any atom is -0.314 e. The van der Waals surface area contributed by atoms with Crippen molar-refractivity contribution in [3.63, 3.8) is 0 Å². The third kappa shape index (κ3) is 2.40. The molecule has 2 aromatic heterocycles. The van der Waals surface area contributed by atoms with Gasteiger partial charge in [-0.1, -0.05) is 5.21 Å². The summed E-state index contributed by atoms with van der Waals surface area (Å²) >= 11 is 0. The van der Waals surface area contributed by atoms with Crippen molar-refractivity contribution in [2.45, 2.75) is 19.5 Å². The van der Waals surface area contributed by atoms with Crippen LogP contribution in [0.1, 0.15) is 12.1 Å². The van der Waals surface area contributed by atoms with Crippen LogP contribution < -0.4 is 5.32 Å². The van der Waals surface area contributed by atoms with Gasteiger partial charge in [0.2, 0.25) is 0 Å². The van der Waals surface area contributed by atoms with E-state index in [0.29, 0.717) is 19.5 Å². The van der Waals surface area contributed by atoms with Crippen LogP contribution in [0.25, 0.3) is 11.4 Å². The van der Waals surface area contributed by atoms with Crippen molar-refractivity contribution in [1.29, 1.82) is 0 Å². The van der Waals surface area contributed by atoms with Gasteiger partial charge in [0.15, 0.2) is 0 Å². The van der Waals surface area contributed by atoms with Crippen molar-refractivity contribution in [3.8, 4) is 11.4 Å². The minimum atomic E-state index is -0.355. The monoisotopic (exact) mass is 252 g/mol. The van der Waals surface area contributed by atoms with Crippen molar-refractivity contribution >= 4 is 0 Å². The number of nitrogens with one attached hydrogen (secondary N) is 1. The molecule has 0 saturated carbocycles. The van der Waals surface area contributed by atoms with Crippen LogP contribution in [0.3, 0.4) is 0 Å². The van der Waals surface area contributed by atoms with E-state index in [1.807, 2.05) is 20.2 Å². The Morgan fingerprint density at radius 2 is 2.28 bits per heavy atom. The smallest absolute Gasteiger partial charge is 0.111 e. The maximum Gasteiger partial charge on any atom is 0.111 e. The Morgan fingerprint density at radius 1 is 1.44 bits per heavy atom. The highest BCUT2D eigenvalue weighted by molar-refractivity contribution is 5.57. The first-order chi connectivity index (χ1) is 8.77. The molecular formula is C11H17FN6. The molecule has 2 rings (SSSR count). The van der Waals surface area contributed by atoms with Crippen molar-refractivity contribution in [1.82, 2.24) is 30.1 Å². The largest absolute Gasteiger partial charge is 0.314 e. The SMILES string of the molecule is CNCc1nnn(CCCF)c1-c1ccnn1C. The van der Waals surface area contributed by atoms with E-state index in [0.717, 1.165) is 17.1 Å². The summed E-state index contributed by atoms with van der Waals surface area (Å²) in [6, 6.07) is 1.91. The van der Waals surface area contributed by atoms with Gasteiger partial charge in [-0.3, -0.25) is 9.07 Å². The maximum absolute atomic E-state index is 12.3. The Morgan fingerprint density at radius 3 is 2.89 bits per heavy atom. The molecule has 0 spiro atoms. The van der Waals surface area contributed by atoms with Gasteiger partial charge in [-0.05, 0) is 19.5 Å². The second kappa shape index (κ2) is 5.72. The molecule has 18 heavy (non-hydrogen) atoms. The molecule has 0 aliphatic heterocycles. The van der Waals surface area contributed by atoms with E-state index in [-0.39, 0.29) is 6.67 Å². The average Bonchev–Trinajstić information content (AvgIpc) is 2.93. The second-order valence-electron chi connectivity index (χ2n) is 4.02. The molecule has 0 unspecified atom stereocenters. The van der Waals surface area contributed by atoms with E-state index < -0.39 is 0 Å². The fourth-order valence-electron chi connectivity index (χ4n) is 1.89. The molecule has 6 nitrogen and oxygen atoms in total. The van der Waals surface area contributed by atoms with Gasteiger partial charge >= 0.3 is 0 Å². The number of hydrogen-bond donors (Lipinski definition) is 1. The van der Waals surface area contributed by atoms with E-state index in [9.17, 15) is 4.39 Å². The summed E-state index contributed by atoms with van der Waals surface area (Å²) in [6.45, 7) is 0.788. The summed E-state index contributed by atoms with van der Waals surface area (Å²) in [5.41, 5.74) is 2.68. The Kier molecular flexibility index (Phi) is 4.03. The van der Waals surface area contributed by atoms with Crippen LogP contribution in [-0.4, -0.2) is 38.5 Å². The highest BCUT2D eigenvalue weighted by atomic mass is 19.1. The summed E-state index contributed by atoms with van der Waals surface area (Å²) in [5.74, 6) is 0. The van der Waals surface area contributed by atoms with Crippen LogP contribution in [-0.2, 0) is 20.1 Å². The van der Waals surface area contributed by atoms with Gasteiger partial charge in [-0.2, -0.15) is 5.10 Å². The first-order valence-corrected chi connectivity index (χ1v) is 5.89. The van der Waals surface area contributed by atoms with Crippen LogP contribution >= 0.6 is 0 Å². The van der Waals surface area contributed by atoms with Gasteiger partial charge in [0.1, 0.15) is 11.4 Å². The van der Waals surface area contributed by atoms with Gasteiger partial charge in [-0.15, -0.1) is 5.10 Å². The second-order valence-corrected chi connectivity index (χ2v) is 4.02. The molecule has 0 amide bonds. The summed E-state index contributed by atoms with van der Waals surface area (Å²) in [5, 5.41) is 15.4. The van der Waals surface area contributed by atoms with E-state index in [4.69, 9.17) is 0 Å². The quantitative estimate of drug-likeness (QED) is 0.824. The minimum absolute atomic E-state index is 0.355. The highest BCUT2D eigenvalue weighted by Crippen LogP contribution is 2.21. The van der Waals surface area contributed by atoms with Crippen LogP contribution in [0.2, 0.25) is 0 Å². The zero-order chi connectivity index (χ0) is 13.0. The third-order valence-corrected chi connectivity index (χ3v) is 2.72. The number of aryl methyl sites for hydroxylation is 2. The van der Waals surface area contributed by atoms with E-state index in [2.05, 4.69) is 20.7 Å². The van der Waals surface area contributed by atoms with E-state index in [1.165, 1.54) is 0 Å². The Balaban J connectivity index is 2.40. The van der Waals surface area contributed by atoms with Gasteiger partial charge in [0.05, 0.1) is 12.4 Å². The fraction of sp³-hybridized carbons (Fsp3) is 0.545. The van der Waals surface area contributed by atoms with Gasteiger partial charge < -0.3 is 5.32 Å². The molecule has 0 aromatic carbocycles. The Bertz CT molecular complexity index is 503. The Labute approximate surface area is 105 Å². The van der Waals surface area contributed by atoms with Crippen molar-refractivity contribution in [3.05, 3.63) is 18.0 Å². The number of rotatable bonds is 6. The van der Waals surface area contributed by atoms with Crippen LogP contribution in [0.5, 0.6) is 0 Å². The lowest BCUT2D eigenvalue weighted by Gasteiger charge is -2.07. The molecule has 0 fully saturated rings. The summed E-state index contributed by atoms with van der Waals surface area (Å²) in [6.07, 6.45) is 2.16. The predicted octanol–water partition coefficient (Wildman–Crippen LogP) is 0.758. The average molecular weight is 252 g/mol. The van der Waals surface area contributed by atoms with Gasteiger partial charge in [-0.25, -0.2) is 4.68 Å². The van der Waals surface area contributed by atoms with Crippen LogP contribution in [0.15, 0.2) is 12.3 Å². The molecule has 98 valence electrons. The lowest BCUT2D eigenvalue weighted by Crippen LogP contribution is -2.10. The maximum atomic E-state index is 12.3. The summed E-state index contributed by atoms with van der Waals surface area (Å²) in [7, 11) is 3.72. The van der Waals surface area contributed by atoms with Gasteiger partial charge in [0.25, 0.3) is 0 Å². The molecular weight excluding hydrogens is 235 g/mol. The summed E-state index contributed by atoms with van der Waals surface area (Å²) in [4.78, 5) is 0. The van der Waals surface area contributed by atoms with Crippen molar-refractivity contribution in [2.75, 3.05) is 13.7 Å². The molecule has 2 heterocycles. The van der Waals surface area contributed by atoms with E-state index in [1.54, 1.807) is 15.6 Å². The number of hydrogen-bond acceptors (Lipinski definition) is 4. The molecule has 0 bridgehead atoms. The van der Waals surface area contributed by atoms with E-state index >= 15 is 0 Å². The third-order valence-electron chi connectivity index (χ3n) is 2.72. The zero-order valence-corrected chi connectivity index (χ0v) is 10.6. The molecule has 2 aromatic rings.